The van der Waals surface area contributed by atoms with Crippen LogP contribution < -0.4 is 14.8 Å². The molecule has 1 saturated heterocycles. The van der Waals surface area contributed by atoms with E-state index in [1.165, 1.54) is 12.8 Å². The Morgan fingerprint density at radius 2 is 2.04 bits per heavy atom. The molecule has 0 radical (unpaired) electrons. The number of ether oxygens (including phenoxy) is 2. The van der Waals surface area contributed by atoms with Gasteiger partial charge in [0.05, 0.1) is 19.3 Å². The normalized spacial score (nSPS) is 21.2. The number of methoxy groups -OCH3 is 1. The molecule has 2 amide bonds. The van der Waals surface area contributed by atoms with Gasteiger partial charge in [-0.15, -0.1) is 0 Å². The summed E-state index contributed by atoms with van der Waals surface area (Å²) in [4.78, 5) is 13.9. The van der Waals surface area contributed by atoms with Crippen molar-refractivity contribution in [2.24, 2.45) is 0 Å². The summed E-state index contributed by atoms with van der Waals surface area (Å²) in [6, 6.07) is 5.64. The van der Waals surface area contributed by atoms with Crippen LogP contribution in [0.25, 0.3) is 0 Å². The van der Waals surface area contributed by atoms with Crippen molar-refractivity contribution in [1.29, 1.82) is 0 Å². The summed E-state index contributed by atoms with van der Waals surface area (Å²) in [5, 5.41) is 12.6. The van der Waals surface area contributed by atoms with Crippen molar-refractivity contribution in [3.05, 3.63) is 23.8 Å². The van der Waals surface area contributed by atoms with Crippen molar-refractivity contribution in [2.45, 2.75) is 57.3 Å². The van der Waals surface area contributed by atoms with Gasteiger partial charge in [-0.25, -0.2) is 4.79 Å². The zero-order valence-electron chi connectivity index (χ0n) is 14.9. The summed E-state index contributed by atoms with van der Waals surface area (Å²) in [6.45, 7) is 1.53. The highest BCUT2D eigenvalue weighted by Crippen LogP contribution is 2.32. The van der Waals surface area contributed by atoms with Crippen molar-refractivity contribution in [3.63, 3.8) is 0 Å². The number of carbonyl (C=O) groups is 1. The third-order valence-corrected chi connectivity index (χ3v) is 4.95. The molecule has 1 saturated carbocycles. The maximum Gasteiger partial charge on any atom is 0.317 e. The summed E-state index contributed by atoms with van der Waals surface area (Å²) in [7, 11) is 1.64. The first-order valence-electron chi connectivity index (χ1n) is 9.20. The molecule has 2 aliphatic rings. The van der Waals surface area contributed by atoms with Crippen LogP contribution >= 0.6 is 0 Å². The number of rotatable bonds is 5. The van der Waals surface area contributed by atoms with Crippen molar-refractivity contribution in [3.8, 4) is 11.5 Å². The highest BCUT2D eigenvalue weighted by Gasteiger charge is 2.22. The lowest BCUT2D eigenvalue weighted by atomic mass is 10.1. The smallest absolute Gasteiger partial charge is 0.317 e. The Labute approximate surface area is 149 Å². The number of likely N-dealkylation sites (tertiary alicyclic amines) is 1. The Bertz CT molecular complexity index is 587. The highest BCUT2D eigenvalue weighted by molar-refractivity contribution is 5.74. The molecule has 2 fully saturated rings. The lowest BCUT2D eigenvalue weighted by Crippen LogP contribution is -2.46. The molecule has 1 atom stereocenters. The minimum atomic E-state index is -0.410. The van der Waals surface area contributed by atoms with E-state index in [0.717, 1.165) is 42.7 Å². The Balaban J connectivity index is 1.58. The fourth-order valence-corrected chi connectivity index (χ4v) is 3.54. The van der Waals surface area contributed by atoms with Crippen LogP contribution in [-0.2, 0) is 6.54 Å². The Kier molecular flexibility index (Phi) is 6.02. The number of nitrogens with zero attached hydrogens (tertiary/aromatic N) is 1. The van der Waals surface area contributed by atoms with Crippen LogP contribution in [0.4, 0.5) is 4.79 Å². The van der Waals surface area contributed by atoms with Gasteiger partial charge in [0.25, 0.3) is 0 Å². The minimum Gasteiger partial charge on any atom is -0.493 e. The molecule has 0 aromatic heterocycles. The fourth-order valence-electron chi connectivity index (χ4n) is 3.54. The van der Waals surface area contributed by atoms with E-state index in [1.54, 1.807) is 12.0 Å². The van der Waals surface area contributed by atoms with Gasteiger partial charge in [-0.3, -0.25) is 0 Å². The molecule has 25 heavy (non-hydrogen) atoms. The van der Waals surface area contributed by atoms with Crippen molar-refractivity contribution in [1.82, 2.24) is 10.2 Å². The van der Waals surface area contributed by atoms with Crippen molar-refractivity contribution in [2.75, 3.05) is 20.2 Å². The molecule has 6 heteroatoms. The van der Waals surface area contributed by atoms with Gasteiger partial charge in [0.15, 0.2) is 11.5 Å². The van der Waals surface area contributed by atoms with Gasteiger partial charge in [-0.2, -0.15) is 0 Å². The molecular formula is C19H28N2O4. The van der Waals surface area contributed by atoms with E-state index < -0.39 is 6.10 Å². The second kappa shape index (κ2) is 8.43. The van der Waals surface area contributed by atoms with Crippen LogP contribution in [0.5, 0.6) is 11.5 Å². The summed E-state index contributed by atoms with van der Waals surface area (Å²) >= 11 is 0. The lowest BCUT2D eigenvalue weighted by molar-refractivity contribution is 0.0842. The van der Waals surface area contributed by atoms with E-state index >= 15 is 0 Å². The predicted octanol–water partition coefficient (Wildman–Crippen LogP) is 2.68. The van der Waals surface area contributed by atoms with Gasteiger partial charge in [-0.05, 0) is 56.2 Å². The quantitative estimate of drug-likeness (QED) is 0.858. The van der Waals surface area contributed by atoms with E-state index in [1.807, 2.05) is 18.2 Å². The van der Waals surface area contributed by atoms with Gasteiger partial charge in [0, 0.05) is 19.6 Å². The highest BCUT2D eigenvalue weighted by atomic mass is 16.5. The number of aliphatic hydroxyl groups excluding tert-OH is 1. The number of carbonyl (C=O) groups excluding carboxylic acids is 1. The average molecular weight is 348 g/mol. The van der Waals surface area contributed by atoms with Gasteiger partial charge in [0.2, 0.25) is 0 Å². The first-order valence-corrected chi connectivity index (χ1v) is 9.20. The average Bonchev–Trinajstić information content (AvgIpc) is 3.13. The van der Waals surface area contributed by atoms with Crippen LogP contribution in [0.3, 0.4) is 0 Å². The molecule has 2 N–H and O–H groups in total. The second-order valence-corrected chi connectivity index (χ2v) is 6.91. The maximum atomic E-state index is 12.3. The molecule has 138 valence electrons. The molecule has 0 spiro atoms. The van der Waals surface area contributed by atoms with Gasteiger partial charge in [0.1, 0.15) is 0 Å². The number of piperidine rings is 1. The number of urea groups is 1. The number of β-amino-alcohol motifs (C(OH)–C–C–N with tert-alkyl or cyclic N) is 1. The van der Waals surface area contributed by atoms with Crippen LogP contribution in [0.2, 0.25) is 0 Å². The summed E-state index contributed by atoms with van der Waals surface area (Å²) in [5.74, 6) is 1.47. The van der Waals surface area contributed by atoms with E-state index in [-0.39, 0.29) is 12.1 Å². The van der Waals surface area contributed by atoms with Gasteiger partial charge < -0.3 is 24.8 Å². The predicted molar refractivity (Wildman–Crippen MR) is 94.9 cm³/mol. The van der Waals surface area contributed by atoms with E-state index in [9.17, 15) is 9.90 Å². The van der Waals surface area contributed by atoms with Crippen LogP contribution in [0, 0.1) is 0 Å². The molecule has 3 rings (SSSR count). The summed E-state index contributed by atoms with van der Waals surface area (Å²) < 4.78 is 11.5. The third kappa shape index (κ3) is 4.78. The monoisotopic (exact) mass is 348 g/mol. The largest absolute Gasteiger partial charge is 0.493 e. The van der Waals surface area contributed by atoms with Gasteiger partial charge in [-0.1, -0.05) is 6.07 Å². The number of benzene rings is 1. The van der Waals surface area contributed by atoms with Crippen LogP contribution in [0.1, 0.15) is 44.1 Å². The maximum absolute atomic E-state index is 12.3. The number of hydrogen-bond donors (Lipinski definition) is 2. The SMILES string of the molecule is COc1ccc(CNC(=O)N2CCCC(O)C2)cc1OC1CCCC1. The molecule has 1 unspecified atom stereocenters. The van der Waals surface area contributed by atoms with Crippen LogP contribution in [0.15, 0.2) is 18.2 Å². The zero-order valence-corrected chi connectivity index (χ0v) is 14.9. The Hall–Kier alpha value is -1.95. The van der Waals surface area contributed by atoms with Gasteiger partial charge >= 0.3 is 6.03 Å². The first-order chi connectivity index (χ1) is 12.2. The molecule has 1 aromatic rings. The van der Waals surface area contributed by atoms with Crippen molar-refractivity contribution < 1.29 is 19.4 Å². The number of aliphatic hydroxyl groups is 1. The zero-order chi connectivity index (χ0) is 17.6. The topological polar surface area (TPSA) is 71.0 Å². The Morgan fingerprint density at radius 3 is 2.76 bits per heavy atom. The van der Waals surface area contributed by atoms with E-state index in [2.05, 4.69) is 5.32 Å². The molecule has 1 aliphatic carbocycles. The number of amides is 2. The standard InChI is InChI=1S/C19H28N2O4/c1-24-17-9-8-14(11-18(17)25-16-6-2-3-7-16)12-20-19(23)21-10-4-5-15(22)13-21/h8-9,11,15-16,22H,2-7,10,12-13H2,1H3,(H,20,23). The molecule has 1 heterocycles. The molecule has 6 nitrogen and oxygen atoms in total. The summed E-state index contributed by atoms with van der Waals surface area (Å²) in [5.41, 5.74) is 0.972. The van der Waals surface area contributed by atoms with Crippen molar-refractivity contribution >= 4 is 6.03 Å². The lowest BCUT2D eigenvalue weighted by Gasteiger charge is -2.30. The fraction of sp³-hybridized carbons (Fsp3) is 0.632. The van der Waals surface area contributed by atoms with Crippen LogP contribution in [-0.4, -0.2) is 48.4 Å². The second-order valence-electron chi connectivity index (χ2n) is 6.91. The third-order valence-electron chi connectivity index (χ3n) is 4.95. The Morgan fingerprint density at radius 1 is 1.24 bits per heavy atom. The van der Waals surface area contributed by atoms with E-state index in [0.29, 0.717) is 19.6 Å². The van der Waals surface area contributed by atoms with E-state index in [4.69, 9.17) is 9.47 Å². The molecule has 1 aliphatic heterocycles. The first kappa shape index (κ1) is 17.9. The summed E-state index contributed by atoms with van der Waals surface area (Å²) in [6.07, 6.45) is 6.05. The molecular weight excluding hydrogens is 320 g/mol. The molecule has 1 aromatic carbocycles. The number of nitrogens with one attached hydrogen (secondary N) is 1. The number of hydrogen-bond acceptors (Lipinski definition) is 4. The molecule has 0 bridgehead atoms. The minimum absolute atomic E-state index is 0.132.